The molecule has 0 atom stereocenters. The van der Waals surface area contributed by atoms with Crippen molar-refractivity contribution in [2.24, 2.45) is 11.8 Å². The van der Waals surface area contributed by atoms with Crippen LogP contribution < -0.4 is 9.47 Å². The molecule has 3 N–H and O–H groups in total. The van der Waals surface area contributed by atoms with Gasteiger partial charge in [0.25, 0.3) is 0 Å². The average Bonchev–Trinajstić information content (AvgIpc) is 2.87. The maximum absolute atomic E-state index is 9.65. The summed E-state index contributed by atoms with van der Waals surface area (Å²) in [7, 11) is 1.54. The number of aliphatic hydroxyl groups is 3. The molecule has 3 aromatic rings. The Kier molecular flexibility index (Phi) is 7.80. The molecule has 0 radical (unpaired) electrons. The zero-order valence-electron chi connectivity index (χ0n) is 21.6. The van der Waals surface area contributed by atoms with E-state index in [1.807, 2.05) is 6.92 Å². The molecule has 1 saturated heterocycles. The van der Waals surface area contributed by atoms with Gasteiger partial charge in [-0.1, -0.05) is 6.07 Å². The van der Waals surface area contributed by atoms with Gasteiger partial charge in [-0.3, -0.25) is 4.98 Å². The molecule has 2 aliphatic rings. The first-order valence-electron chi connectivity index (χ1n) is 12.9. The normalized spacial score (nSPS) is 20.1. The minimum atomic E-state index is -3.07. The van der Waals surface area contributed by atoms with E-state index in [1.165, 1.54) is 6.20 Å². The van der Waals surface area contributed by atoms with Crippen LogP contribution in [0.3, 0.4) is 0 Å². The molecule has 1 aliphatic carbocycles. The molecule has 3 aromatic heterocycles. The van der Waals surface area contributed by atoms with Gasteiger partial charge in [-0.15, -0.1) is 0 Å². The summed E-state index contributed by atoms with van der Waals surface area (Å²) in [6.07, 6.45) is 10.4. The van der Waals surface area contributed by atoms with Crippen LogP contribution in [0.1, 0.15) is 48.5 Å². The van der Waals surface area contributed by atoms with Gasteiger partial charge in [0.05, 0.1) is 20.3 Å². The Morgan fingerprint density at radius 1 is 0.921 bits per heavy atom. The third kappa shape index (κ3) is 6.24. The Morgan fingerprint density at radius 3 is 2.18 bits per heavy atom. The average molecular weight is 524 g/mol. The first kappa shape index (κ1) is 26.4. The molecular weight excluding hydrogens is 490 g/mol. The zero-order chi connectivity index (χ0) is 26.7. The van der Waals surface area contributed by atoms with E-state index in [-0.39, 0.29) is 17.5 Å². The Morgan fingerprint density at radius 2 is 1.61 bits per heavy atom. The van der Waals surface area contributed by atoms with Gasteiger partial charge in [-0.2, -0.15) is 4.98 Å². The standard InChI is InChI=1S/C27H33N5O6/c1-16-22(19-11-29-26(36-2)30-12-19)8-7-20(31-16)9-17-3-5-18(6-4-17)10-24-28-13-23(27(33,34)35)25(32-24)38-21-14-37-15-21/h7-8,11-13,17-18,21,33-35H,3-6,9-10,14-15H2,1-2H3. The van der Waals surface area contributed by atoms with Crippen LogP contribution in [-0.2, 0) is 23.6 Å². The van der Waals surface area contributed by atoms with Crippen LogP contribution in [0.4, 0.5) is 0 Å². The number of aromatic nitrogens is 5. The first-order valence-corrected chi connectivity index (χ1v) is 12.9. The van der Waals surface area contributed by atoms with Gasteiger partial charge in [0.1, 0.15) is 17.5 Å². The molecule has 1 saturated carbocycles. The number of hydrogen-bond donors (Lipinski definition) is 3. The van der Waals surface area contributed by atoms with Gasteiger partial charge in [-0.05, 0) is 56.9 Å². The third-order valence-electron chi connectivity index (χ3n) is 7.25. The fourth-order valence-electron chi connectivity index (χ4n) is 5.05. The van der Waals surface area contributed by atoms with Gasteiger partial charge in [-0.25, -0.2) is 15.0 Å². The highest BCUT2D eigenvalue weighted by molar-refractivity contribution is 5.64. The summed E-state index contributed by atoms with van der Waals surface area (Å²) < 4.78 is 15.8. The lowest BCUT2D eigenvalue weighted by atomic mass is 9.78. The zero-order valence-corrected chi connectivity index (χ0v) is 21.6. The van der Waals surface area contributed by atoms with Crippen molar-refractivity contribution in [2.45, 2.75) is 57.5 Å². The van der Waals surface area contributed by atoms with Crippen LogP contribution in [0.2, 0.25) is 0 Å². The van der Waals surface area contributed by atoms with Gasteiger partial charge in [0, 0.05) is 47.5 Å². The molecule has 0 unspecified atom stereocenters. The topological polar surface area (TPSA) is 153 Å². The summed E-state index contributed by atoms with van der Waals surface area (Å²) in [4.78, 5) is 21.9. The van der Waals surface area contributed by atoms with Crippen LogP contribution in [-0.4, -0.2) is 66.7 Å². The highest BCUT2D eigenvalue weighted by Crippen LogP contribution is 2.34. The highest BCUT2D eigenvalue weighted by atomic mass is 16.7. The minimum Gasteiger partial charge on any atom is -0.469 e. The Hall–Kier alpha value is -3.25. The highest BCUT2D eigenvalue weighted by Gasteiger charge is 2.32. The van der Waals surface area contributed by atoms with Crippen molar-refractivity contribution in [3.05, 3.63) is 53.5 Å². The predicted molar refractivity (Wildman–Crippen MR) is 135 cm³/mol. The van der Waals surface area contributed by atoms with Crippen molar-refractivity contribution in [1.29, 1.82) is 0 Å². The lowest BCUT2D eigenvalue weighted by molar-refractivity contribution is -0.325. The second kappa shape index (κ2) is 11.2. The number of rotatable bonds is 9. The summed E-state index contributed by atoms with van der Waals surface area (Å²) in [6, 6.07) is 4.52. The molecule has 0 spiro atoms. The van der Waals surface area contributed by atoms with Crippen molar-refractivity contribution in [3.63, 3.8) is 0 Å². The maximum Gasteiger partial charge on any atom is 0.316 e. The van der Waals surface area contributed by atoms with Crippen molar-refractivity contribution in [1.82, 2.24) is 24.9 Å². The van der Waals surface area contributed by atoms with E-state index in [1.54, 1.807) is 19.5 Å². The van der Waals surface area contributed by atoms with Crippen LogP contribution in [0, 0.1) is 18.8 Å². The summed E-state index contributed by atoms with van der Waals surface area (Å²) >= 11 is 0. The smallest absolute Gasteiger partial charge is 0.316 e. The fourth-order valence-corrected chi connectivity index (χ4v) is 5.05. The second-order valence-corrected chi connectivity index (χ2v) is 10.1. The molecule has 0 amide bonds. The summed E-state index contributed by atoms with van der Waals surface area (Å²) in [5.74, 6) is -1.54. The lowest BCUT2D eigenvalue weighted by Gasteiger charge is -2.29. The number of hydrogen-bond acceptors (Lipinski definition) is 11. The molecule has 5 rings (SSSR count). The second-order valence-electron chi connectivity index (χ2n) is 10.1. The molecule has 4 heterocycles. The summed E-state index contributed by atoms with van der Waals surface area (Å²) in [6.45, 7) is 2.80. The quantitative estimate of drug-likeness (QED) is 0.353. The van der Waals surface area contributed by atoms with Crippen molar-refractivity contribution < 1.29 is 29.5 Å². The first-order chi connectivity index (χ1) is 18.3. The number of pyridine rings is 1. The van der Waals surface area contributed by atoms with Crippen molar-refractivity contribution in [2.75, 3.05) is 20.3 Å². The van der Waals surface area contributed by atoms with Crippen molar-refractivity contribution >= 4 is 0 Å². The fraction of sp³-hybridized carbons (Fsp3) is 0.519. The lowest BCUT2D eigenvalue weighted by Crippen LogP contribution is -2.40. The Bertz CT molecular complexity index is 1240. The molecule has 0 aromatic carbocycles. The molecule has 11 nitrogen and oxygen atoms in total. The van der Waals surface area contributed by atoms with E-state index >= 15 is 0 Å². The van der Waals surface area contributed by atoms with E-state index in [4.69, 9.17) is 19.2 Å². The van der Waals surface area contributed by atoms with E-state index in [0.29, 0.717) is 43.3 Å². The van der Waals surface area contributed by atoms with Crippen LogP contribution in [0.5, 0.6) is 11.9 Å². The van der Waals surface area contributed by atoms with E-state index < -0.39 is 5.97 Å². The van der Waals surface area contributed by atoms with Gasteiger partial charge in [0.15, 0.2) is 0 Å². The van der Waals surface area contributed by atoms with Gasteiger partial charge < -0.3 is 29.5 Å². The van der Waals surface area contributed by atoms with E-state index in [9.17, 15) is 15.3 Å². The van der Waals surface area contributed by atoms with Crippen LogP contribution >= 0.6 is 0 Å². The number of methoxy groups -OCH3 is 1. The summed E-state index contributed by atoms with van der Waals surface area (Å²) in [5, 5.41) is 29.0. The molecule has 202 valence electrons. The van der Waals surface area contributed by atoms with Gasteiger partial charge in [0.2, 0.25) is 5.88 Å². The number of ether oxygens (including phenoxy) is 3. The van der Waals surface area contributed by atoms with Crippen molar-refractivity contribution in [3.8, 4) is 23.0 Å². The van der Waals surface area contributed by atoms with Crippen LogP contribution in [0.25, 0.3) is 11.1 Å². The molecule has 11 heteroatoms. The van der Waals surface area contributed by atoms with E-state index in [2.05, 4.69) is 32.1 Å². The molecular formula is C27H33N5O6. The SMILES string of the molecule is COc1ncc(-c2ccc(CC3CCC(Cc4ncc(C(O)(O)O)c(OC5COC5)n4)CC3)nc2C)cn1. The number of aryl methyl sites for hydroxylation is 1. The molecule has 2 fully saturated rings. The minimum absolute atomic E-state index is 0.0180. The predicted octanol–water partition coefficient (Wildman–Crippen LogP) is 2.10. The number of nitrogens with zero attached hydrogens (tertiary/aromatic N) is 5. The largest absolute Gasteiger partial charge is 0.469 e. The molecule has 1 aliphatic heterocycles. The van der Waals surface area contributed by atoms with E-state index in [0.717, 1.165) is 54.6 Å². The Balaban J connectivity index is 1.16. The Labute approximate surface area is 220 Å². The third-order valence-corrected chi connectivity index (χ3v) is 7.25. The maximum atomic E-state index is 9.65. The monoisotopic (exact) mass is 523 g/mol. The molecule has 38 heavy (non-hydrogen) atoms. The van der Waals surface area contributed by atoms with Crippen LogP contribution in [0.15, 0.2) is 30.7 Å². The molecule has 0 bridgehead atoms. The van der Waals surface area contributed by atoms with Gasteiger partial charge >= 0.3 is 12.0 Å². The summed E-state index contributed by atoms with van der Waals surface area (Å²) in [5.41, 5.74) is 3.70.